The van der Waals surface area contributed by atoms with E-state index < -0.39 is 5.92 Å². The van der Waals surface area contributed by atoms with Gasteiger partial charge in [0.2, 0.25) is 11.8 Å². The number of carbonyl (C=O) groups is 2. The van der Waals surface area contributed by atoms with Crippen molar-refractivity contribution in [1.82, 2.24) is 14.5 Å². The molecule has 1 fully saturated rings. The van der Waals surface area contributed by atoms with Crippen molar-refractivity contribution in [2.24, 2.45) is 11.8 Å². The first kappa shape index (κ1) is 19.9. The van der Waals surface area contributed by atoms with Gasteiger partial charge in [0.1, 0.15) is 5.76 Å². The molecule has 8 nitrogen and oxygen atoms in total. The van der Waals surface area contributed by atoms with Crippen LogP contribution in [-0.2, 0) is 22.7 Å². The van der Waals surface area contributed by atoms with E-state index in [0.29, 0.717) is 47.9 Å². The molecule has 0 saturated carbocycles. The lowest BCUT2D eigenvalue weighted by Crippen LogP contribution is -2.28. The molecule has 0 radical (unpaired) electrons. The summed E-state index contributed by atoms with van der Waals surface area (Å²) in [5.74, 6) is 0.231. The van der Waals surface area contributed by atoms with Crippen LogP contribution in [0.15, 0.2) is 52.1 Å². The number of likely N-dealkylation sites (tertiary alicyclic amines) is 1. The average Bonchev–Trinajstić information content (AvgIpc) is 3.35. The highest BCUT2D eigenvalue weighted by molar-refractivity contribution is 5.98. The maximum atomic E-state index is 12.7. The molecule has 2 amide bonds. The molecule has 1 N–H and O–H groups in total. The largest absolute Gasteiger partial charge is 0.467 e. The Hall–Kier alpha value is -3.42. The summed E-state index contributed by atoms with van der Waals surface area (Å²) in [6.07, 6.45) is 3.27. The summed E-state index contributed by atoms with van der Waals surface area (Å²) >= 11 is 0. The number of benzene rings is 1. The summed E-state index contributed by atoms with van der Waals surface area (Å²) in [7, 11) is 0. The van der Waals surface area contributed by atoms with Crippen molar-refractivity contribution < 1.29 is 14.0 Å². The third-order valence-electron chi connectivity index (χ3n) is 5.17. The Balaban J connectivity index is 1.48. The number of furan rings is 1. The molecule has 1 atom stereocenters. The second kappa shape index (κ2) is 8.14. The molecule has 0 aliphatic carbocycles. The molecule has 3 aromatic rings. The SMILES string of the molecule is CC(C)Cn1cnc2ccc(NC(=O)[C@H]3CC(=O)N(Cc4ccco4)C3)cc2c1=O. The Morgan fingerprint density at radius 1 is 1.30 bits per heavy atom. The zero-order valence-corrected chi connectivity index (χ0v) is 17.0. The number of amides is 2. The Kier molecular flexibility index (Phi) is 5.39. The van der Waals surface area contributed by atoms with Gasteiger partial charge >= 0.3 is 0 Å². The Labute approximate surface area is 173 Å². The van der Waals surface area contributed by atoms with Crippen LogP contribution in [0, 0.1) is 11.8 Å². The fourth-order valence-corrected chi connectivity index (χ4v) is 3.70. The van der Waals surface area contributed by atoms with E-state index in [-0.39, 0.29) is 23.8 Å². The topological polar surface area (TPSA) is 97.4 Å². The van der Waals surface area contributed by atoms with E-state index in [9.17, 15) is 14.4 Å². The lowest BCUT2D eigenvalue weighted by molar-refractivity contribution is -0.128. The number of fused-ring (bicyclic) bond motifs is 1. The number of nitrogens with one attached hydrogen (secondary N) is 1. The van der Waals surface area contributed by atoms with E-state index in [1.54, 1.807) is 52.4 Å². The molecule has 1 aliphatic heterocycles. The third-order valence-corrected chi connectivity index (χ3v) is 5.17. The van der Waals surface area contributed by atoms with Crippen LogP contribution in [0.5, 0.6) is 0 Å². The molecule has 8 heteroatoms. The number of rotatable bonds is 6. The summed E-state index contributed by atoms with van der Waals surface area (Å²) in [6, 6.07) is 8.66. The van der Waals surface area contributed by atoms with Gasteiger partial charge in [-0.1, -0.05) is 13.8 Å². The van der Waals surface area contributed by atoms with Gasteiger partial charge < -0.3 is 14.6 Å². The van der Waals surface area contributed by atoms with E-state index in [1.807, 2.05) is 13.8 Å². The van der Waals surface area contributed by atoms with E-state index in [1.165, 1.54) is 0 Å². The zero-order valence-electron chi connectivity index (χ0n) is 17.0. The zero-order chi connectivity index (χ0) is 21.3. The first-order valence-corrected chi connectivity index (χ1v) is 10.0. The quantitative estimate of drug-likeness (QED) is 0.676. The summed E-state index contributed by atoms with van der Waals surface area (Å²) in [5.41, 5.74) is 0.967. The van der Waals surface area contributed by atoms with Crippen molar-refractivity contribution in [2.45, 2.75) is 33.4 Å². The second-order valence-corrected chi connectivity index (χ2v) is 8.07. The first-order chi connectivity index (χ1) is 14.4. The maximum absolute atomic E-state index is 12.7. The van der Waals surface area contributed by atoms with Gasteiger partial charge in [-0.15, -0.1) is 0 Å². The van der Waals surface area contributed by atoms with Crippen LogP contribution < -0.4 is 10.9 Å². The smallest absolute Gasteiger partial charge is 0.261 e. The minimum absolute atomic E-state index is 0.0779. The van der Waals surface area contributed by atoms with Gasteiger partial charge in [-0.05, 0) is 36.2 Å². The predicted molar refractivity (Wildman–Crippen MR) is 112 cm³/mol. The molecule has 1 aliphatic rings. The van der Waals surface area contributed by atoms with Crippen LogP contribution in [0.4, 0.5) is 5.69 Å². The van der Waals surface area contributed by atoms with Crippen molar-refractivity contribution in [1.29, 1.82) is 0 Å². The molecular formula is C22H24N4O4. The van der Waals surface area contributed by atoms with Crippen LogP contribution in [0.25, 0.3) is 10.9 Å². The molecule has 1 aromatic carbocycles. The second-order valence-electron chi connectivity index (χ2n) is 8.07. The molecular weight excluding hydrogens is 384 g/mol. The normalized spacial score (nSPS) is 16.6. The van der Waals surface area contributed by atoms with Crippen LogP contribution in [-0.4, -0.2) is 32.8 Å². The molecule has 156 valence electrons. The molecule has 0 bridgehead atoms. The minimum Gasteiger partial charge on any atom is -0.467 e. The van der Waals surface area contributed by atoms with Crippen molar-refractivity contribution in [3.05, 3.63) is 59.0 Å². The van der Waals surface area contributed by atoms with Gasteiger partial charge in [-0.3, -0.25) is 19.0 Å². The van der Waals surface area contributed by atoms with Crippen LogP contribution in [0.1, 0.15) is 26.0 Å². The van der Waals surface area contributed by atoms with E-state index in [0.717, 1.165) is 0 Å². The Morgan fingerprint density at radius 3 is 2.87 bits per heavy atom. The molecule has 0 spiro atoms. The number of carbonyl (C=O) groups excluding carboxylic acids is 2. The van der Waals surface area contributed by atoms with Crippen molar-refractivity contribution in [3.63, 3.8) is 0 Å². The van der Waals surface area contributed by atoms with Gasteiger partial charge in [0.25, 0.3) is 5.56 Å². The van der Waals surface area contributed by atoms with Gasteiger partial charge in [0.05, 0.1) is 36.0 Å². The van der Waals surface area contributed by atoms with E-state index >= 15 is 0 Å². The highest BCUT2D eigenvalue weighted by Gasteiger charge is 2.34. The fraction of sp³-hybridized carbons (Fsp3) is 0.364. The summed E-state index contributed by atoms with van der Waals surface area (Å²) in [4.78, 5) is 43.7. The van der Waals surface area contributed by atoms with Gasteiger partial charge in [-0.25, -0.2) is 4.98 Å². The van der Waals surface area contributed by atoms with Crippen molar-refractivity contribution >= 4 is 28.4 Å². The molecule has 30 heavy (non-hydrogen) atoms. The summed E-state index contributed by atoms with van der Waals surface area (Å²) in [5, 5.41) is 3.30. The first-order valence-electron chi connectivity index (χ1n) is 10.0. The standard InChI is InChI=1S/C22H24N4O4/c1-14(2)10-26-13-23-19-6-5-16(9-18(19)22(26)29)24-21(28)15-8-20(27)25(11-15)12-17-4-3-7-30-17/h3-7,9,13-15H,8,10-12H2,1-2H3,(H,24,28)/t15-/m0/s1. The Bertz CT molecular complexity index is 1130. The summed E-state index contributed by atoms with van der Waals surface area (Å²) in [6.45, 7) is 5.33. The van der Waals surface area contributed by atoms with Crippen LogP contribution in [0.3, 0.4) is 0 Å². The predicted octanol–water partition coefficient (Wildman–Crippen LogP) is 2.63. The van der Waals surface area contributed by atoms with Gasteiger partial charge in [0, 0.05) is 25.2 Å². The number of anilines is 1. The average molecular weight is 408 g/mol. The third kappa shape index (κ3) is 4.12. The summed E-state index contributed by atoms with van der Waals surface area (Å²) < 4.78 is 6.87. The minimum atomic E-state index is -0.449. The lowest BCUT2D eigenvalue weighted by Gasteiger charge is -2.15. The van der Waals surface area contributed by atoms with Gasteiger partial charge in [0.15, 0.2) is 0 Å². The number of hydrogen-bond acceptors (Lipinski definition) is 5. The highest BCUT2D eigenvalue weighted by atomic mass is 16.3. The lowest BCUT2D eigenvalue weighted by atomic mass is 10.1. The molecule has 3 heterocycles. The van der Waals surface area contributed by atoms with E-state index in [2.05, 4.69) is 10.3 Å². The van der Waals surface area contributed by atoms with Crippen molar-refractivity contribution in [2.75, 3.05) is 11.9 Å². The highest BCUT2D eigenvalue weighted by Crippen LogP contribution is 2.23. The molecule has 0 unspecified atom stereocenters. The molecule has 2 aromatic heterocycles. The van der Waals surface area contributed by atoms with Crippen molar-refractivity contribution in [3.8, 4) is 0 Å². The Morgan fingerprint density at radius 2 is 2.13 bits per heavy atom. The monoisotopic (exact) mass is 408 g/mol. The molecule has 1 saturated heterocycles. The van der Waals surface area contributed by atoms with Gasteiger partial charge in [-0.2, -0.15) is 0 Å². The molecule has 4 rings (SSSR count). The maximum Gasteiger partial charge on any atom is 0.261 e. The number of nitrogens with zero attached hydrogens (tertiary/aromatic N) is 3. The number of hydrogen-bond donors (Lipinski definition) is 1. The van der Waals surface area contributed by atoms with Crippen LogP contribution >= 0.6 is 0 Å². The van der Waals surface area contributed by atoms with Crippen LogP contribution in [0.2, 0.25) is 0 Å². The number of aromatic nitrogens is 2. The fourth-order valence-electron chi connectivity index (χ4n) is 3.70. The van der Waals surface area contributed by atoms with E-state index in [4.69, 9.17) is 4.42 Å².